The Hall–Kier alpha value is -4.21. The summed E-state index contributed by atoms with van der Waals surface area (Å²) in [7, 11) is 0. The number of rotatable bonds is 6. The van der Waals surface area contributed by atoms with Crippen LogP contribution in [0.1, 0.15) is 45.1 Å². The van der Waals surface area contributed by atoms with Gasteiger partial charge in [-0.15, -0.1) is 6.42 Å². The number of alkyl halides is 1. The number of anilines is 1. The van der Waals surface area contributed by atoms with Gasteiger partial charge in [-0.2, -0.15) is 15.0 Å². The number of ether oxygens (including phenoxy) is 1. The van der Waals surface area contributed by atoms with Gasteiger partial charge in [-0.3, -0.25) is 4.90 Å². The Balaban J connectivity index is 1.41. The van der Waals surface area contributed by atoms with E-state index >= 15 is 8.78 Å². The van der Waals surface area contributed by atoms with Crippen molar-refractivity contribution in [1.82, 2.24) is 30.2 Å². The summed E-state index contributed by atoms with van der Waals surface area (Å²) < 4.78 is 53.6. The van der Waals surface area contributed by atoms with Crippen molar-refractivity contribution in [3.8, 4) is 29.6 Å². The third-order valence-corrected chi connectivity index (χ3v) is 9.47. The van der Waals surface area contributed by atoms with Gasteiger partial charge in [-0.25, -0.2) is 18.0 Å². The molecule has 12 heteroatoms. The lowest BCUT2D eigenvalue weighted by molar-refractivity contribution is 0.107. The highest BCUT2D eigenvalue weighted by Gasteiger charge is 2.49. The number of fused-ring (bicyclic) bond motifs is 3. The van der Waals surface area contributed by atoms with Gasteiger partial charge in [0.1, 0.15) is 29.9 Å². The predicted octanol–water partition coefficient (Wildman–Crippen LogP) is 4.32. The minimum atomic E-state index is -1.01. The van der Waals surface area contributed by atoms with Crippen molar-refractivity contribution in [2.45, 2.75) is 63.3 Å². The highest BCUT2D eigenvalue weighted by atomic mass is 19.1. The Morgan fingerprint density at radius 3 is 2.84 bits per heavy atom. The van der Waals surface area contributed by atoms with Gasteiger partial charge in [0.2, 0.25) is 0 Å². The summed E-state index contributed by atoms with van der Waals surface area (Å²) in [6.07, 6.45) is 7.70. The maximum Gasteiger partial charge on any atom is 0.345 e. The monoisotopic (exact) mass is 617 g/mol. The van der Waals surface area contributed by atoms with E-state index in [1.165, 1.54) is 6.07 Å². The van der Waals surface area contributed by atoms with Gasteiger partial charge >= 0.3 is 11.7 Å². The third kappa shape index (κ3) is 5.08. The number of aromatic nitrogens is 4. The molecule has 0 spiro atoms. The number of nitrogens with one attached hydrogen (secondary N) is 2. The number of halogens is 3. The third-order valence-electron chi connectivity index (χ3n) is 9.47. The normalized spacial score (nSPS) is 25.2. The number of terminal acetylenes is 1. The lowest BCUT2D eigenvalue weighted by Gasteiger charge is -2.38. The van der Waals surface area contributed by atoms with E-state index in [0.717, 1.165) is 25.8 Å². The van der Waals surface area contributed by atoms with Gasteiger partial charge in [0.05, 0.1) is 22.3 Å². The Morgan fingerprint density at radius 2 is 2.04 bits per heavy atom. The molecule has 0 amide bonds. The number of hydrogen-bond donors (Lipinski definition) is 2. The Morgan fingerprint density at radius 1 is 1.20 bits per heavy atom. The van der Waals surface area contributed by atoms with Gasteiger partial charge < -0.3 is 19.9 Å². The first-order valence-corrected chi connectivity index (χ1v) is 15.4. The molecule has 3 aliphatic rings. The Kier molecular flexibility index (Phi) is 7.41. The number of H-pyrrole nitrogens is 1. The van der Waals surface area contributed by atoms with Gasteiger partial charge in [0.15, 0.2) is 5.82 Å². The van der Waals surface area contributed by atoms with Gasteiger partial charge in [-0.1, -0.05) is 18.9 Å². The van der Waals surface area contributed by atoms with Crippen LogP contribution in [0.2, 0.25) is 0 Å². The summed E-state index contributed by atoms with van der Waals surface area (Å²) in [5.74, 6) is 0.922. The molecule has 2 N–H and O–H groups in total. The molecule has 3 saturated heterocycles. The second kappa shape index (κ2) is 11.3. The number of nitrogens with zero attached hydrogens (tertiary/aromatic N) is 5. The molecule has 0 saturated carbocycles. The molecule has 45 heavy (non-hydrogen) atoms. The molecular formula is C33H34F3N7O2. The van der Waals surface area contributed by atoms with Crippen LogP contribution >= 0.6 is 0 Å². The summed E-state index contributed by atoms with van der Waals surface area (Å²) in [6.45, 7) is 6.52. The van der Waals surface area contributed by atoms with Crippen LogP contribution in [0.5, 0.6) is 6.01 Å². The highest BCUT2D eigenvalue weighted by molar-refractivity contribution is 6.00. The summed E-state index contributed by atoms with van der Waals surface area (Å²) in [5, 5.41) is 3.95. The average molecular weight is 618 g/mol. The Bertz CT molecular complexity index is 1910. The maximum atomic E-state index is 16.8. The van der Waals surface area contributed by atoms with Gasteiger partial charge in [0.25, 0.3) is 0 Å². The Labute approximate surface area is 258 Å². The van der Waals surface area contributed by atoms with E-state index in [1.807, 2.05) is 11.8 Å². The van der Waals surface area contributed by atoms with E-state index in [4.69, 9.17) is 16.1 Å². The fraction of sp³-hybridized carbons (Fsp3) is 0.455. The highest BCUT2D eigenvalue weighted by Crippen LogP contribution is 2.41. The second-order valence-corrected chi connectivity index (χ2v) is 12.5. The van der Waals surface area contributed by atoms with Crippen molar-refractivity contribution in [3.05, 3.63) is 51.9 Å². The summed E-state index contributed by atoms with van der Waals surface area (Å²) in [6, 6.07) is 6.19. The van der Waals surface area contributed by atoms with Crippen molar-refractivity contribution in [2.75, 3.05) is 37.7 Å². The van der Waals surface area contributed by atoms with Crippen LogP contribution in [-0.4, -0.2) is 81.4 Å². The quantitative estimate of drug-likeness (QED) is 0.309. The minimum Gasteiger partial charge on any atom is -0.461 e. The van der Waals surface area contributed by atoms with E-state index < -0.39 is 34.6 Å². The summed E-state index contributed by atoms with van der Waals surface area (Å²) >= 11 is 0. The SMILES string of the molecule is C#Cc1cccc2[nH]c(=O)nc(-c3c(F)cc4c(N5CC(CC)N[C@H](C)C5)nc(OC[C@@]56CCCN5C[C@H](F)C6)nc4c3F)c12. The number of hydrogen-bond acceptors (Lipinski definition) is 8. The van der Waals surface area contributed by atoms with Crippen molar-refractivity contribution in [2.24, 2.45) is 0 Å². The van der Waals surface area contributed by atoms with Crippen LogP contribution in [0.25, 0.3) is 33.1 Å². The molecule has 3 fully saturated rings. The molecule has 7 rings (SSSR count). The van der Waals surface area contributed by atoms with E-state index in [1.54, 1.807) is 18.2 Å². The molecule has 1 unspecified atom stereocenters. The van der Waals surface area contributed by atoms with Gasteiger partial charge in [-0.05, 0) is 50.9 Å². The molecule has 0 bridgehead atoms. The zero-order valence-corrected chi connectivity index (χ0v) is 25.2. The van der Waals surface area contributed by atoms with Crippen LogP contribution in [0.15, 0.2) is 29.1 Å². The standard InChI is InChI=1S/C33H34F3N7O2/c1-4-19-8-6-9-24-25(19)29(39-31(44)38-24)26-23(35)12-22-28(27(26)36)40-32(41-30(22)42-14-18(3)37-21(5-2)16-42)45-17-33-10-7-11-43(33)15-20(34)13-33/h1,6,8-9,12,18,20-21,37H,5,7,10-11,13-17H2,2-3H3,(H,38,39,44)/t18-,20-,21?,33+/m1/s1. The number of piperazine rings is 1. The van der Waals surface area contributed by atoms with Crippen molar-refractivity contribution < 1.29 is 17.9 Å². The van der Waals surface area contributed by atoms with Crippen LogP contribution in [0, 0.1) is 24.0 Å². The minimum absolute atomic E-state index is 0.0789. The van der Waals surface area contributed by atoms with Crippen LogP contribution < -0.4 is 20.6 Å². The van der Waals surface area contributed by atoms with Crippen LogP contribution in [0.4, 0.5) is 19.0 Å². The maximum absolute atomic E-state index is 16.8. The molecule has 5 heterocycles. The topological polar surface area (TPSA) is 99.3 Å². The van der Waals surface area contributed by atoms with E-state index in [2.05, 4.69) is 38.0 Å². The smallest absolute Gasteiger partial charge is 0.345 e. The van der Waals surface area contributed by atoms with Crippen LogP contribution in [0.3, 0.4) is 0 Å². The largest absolute Gasteiger partial charge is 0.461 e. The van der Waals surface area contributed by atoms with E-state index in [-0.39, 0.29) is 46.7 Å². The molecule has 234 valence electrons. The summed E-state index contributed by atoms with van der Waals surface area (Å²) in [4.78, 5) is 32.4. The molecule has 9 nitrogen and oxygen atoms in total. The average Bonchev–Trinajstić information content (AvgIpc) is 3.54. The molecule has 2 aromatic carbocycles. The van der Waals surface area contributed by atoms with E-state index in [0.29, 0.717) is 43.0 Å². The predicted molar refractivity (Wildman–Crippen MR) is 166 cm³/mol. The van der Waals surface area contributed by atoms with Crippen molar-refractivity contribution in [1.29, 1.82) is 0 Å². The lowest BCUT2D eigenvalue weighted by atomic mass is 9.95. The molecular weight excluding hydrogens is 583 g/mol. The molecule has 0 aliphatic carbocycles. The first-order chi connectivity index (χ1) is 21.7. The summed E-state index contributed by atoms with van der Waals surface area (Å²) in [5.41, 5.74) is -1.54. The molecule has 2 aromatic heterocycles. The number of benzene rings is 2. The molecule has 3 aliphatic heterocycles. The zero-order valence-electron chi connectivity index (χ0n) is 25.2. The fourth-order valence-corrected chi connectivity index (χ4v) is 7.44. The van der Waals surface area contributed by atoms with Crippen molar-refractivity contribution in [3.63, 3.8) is 0 Å². The van der Waals surface area contributed by atoms with Gasteiger partial charge in [0, 0.05) is 54.5 Å². The first-order valence-electron chi connectivity index (χ1n) is 15.4. The van der Waals surface area contributed by atoms with Crippen molar-refractivity contribution >= 4 is 27.6 Å². The first kappa shape index (κ1) is 29.5. The van der Waals surface area contributed by atoms with E-state index in [9.17, 15) is 9.18 Å². The second-order valence-electron chi connectivity index (χ2n) is 12.5. The molecule has 4 atom stereocenters. The van der Waals surface area contributed by atoms with Crippen LogP contribution in [-0.2, 0) is 0 Å². The molecule has 4 aromatic rings. The lowest BCUT2D eigenvalue weighted by Crippen LogP contribution is -2.55. The number of aromatic amines is 1. The zero-order chi connectivity index (χ0) is 31.5. The molecule has 0 radical (unpaired) electrons. The fourth-order valence-electron chi connectivity index (χ4n) is 7.44.